The number of aromatic nitrogens is 1. The molecule has 0 amide bonds. The molecule has 1 saturated heterocycles. The molecule has 2 rings (SSSR count). The van der Waals surface area contributed by atoms with E-state index in [1.54, 1.807) is 19.2 Å². The first-order valence-electron chi connectivity index (χ1n) is 5.71. The largest absolute Gasteiger partial charge is 0.352 e. The molecular formula is C11H16N4O2. The Hall–Kier alpha value is -1.69. The highest BCUT2D eigenvalue weighted by Crippen LogP contribution is 2.27. The van der Waals surface area contributed by atoms with Crippen LogP contribution in [0.2, 0.25) is 0 Å². The van der Waals surface area contributed by atoms with Crippen LogP contribution in [-0.4, -0.2) is 29.0 Å². The van der Waals surface area contributed by atoms with Gasteiger partial charge in [0, 0.05) is 30.9 Å². The summed E-state index contributed by atoms with van der Waals surface area (Å²) in [6.07, 6.45) is 3.64. The van der Waals surface area contributed by atoms with Gasteiger partial charge >= 0.3 is 0 Å². The summed E-state index contributed by atoms with van der Waals surface area (Å²) in [7, 11) is 0. The number of nitro groups is 1. The number of hydrogen-bond donors (Lipinski definition) is 1. The van der Waals surface area contributed by atoms with E-state index in [0.717, 1.165) is 19.4 Å². The second-order valence-corrected chi connectivity index (χ2v) is 4.31. The minimum Gasteiger partial charge on any atom is -0.352 e. The van der Waals surface area contributed by atoms with E-state index in [2.05, 4.69) is 9.88 Å². The fourth-order valence-corrected chi connectivity index (χ4v) is 2.24. The van der Waals surface area contributed by atoms with Gasteiger partial charge in [0.05, 0.1) is 11.0 Å². The first kappa shape index (κ1) is 11.8. The van der Waals surface area contributed by atoms with Gasteiger partial charge in [-0.1, -0.05) is 0 Å². The molecule has 6 nitrogen and oxygen atoms in total. The fourth-order valence-electron chi connectivity index (χ4n) is 2.24. The maximum atomic E-state index is 10.9. The maximum Gasteiger partial charge on any atom is 0.277 e. The van der Waals surface area contributed by atoms with Crippen molar-refractivity contribution in [2.45, 2.75) is 25.8 Å². The third-order valence-electron chi connectivity index (χ3n) is 3.20. The quantitative estimate of drug-likeness (QED) is 0.630. The zero-order chi connectivity index (χ0) is 12.4. The van der Waals surface area contributed by atoms with Gasteiger partial charge in [-0.25, -0.2) is 4.98 Å². The first-order valence-corrected chi connectivity index (χ1v) is 5.71. The summed E-state index contributed by atoms with van der Waals surface area (Å²) in [5.74, 6) is 0.662. The second-order valence-electron chi connectivity index (χ2n) is 4.31. The summed E-state index contributed by atoms with van der Waals surface area (Å²) in [5, 5.41) is 10.9. The van der Waals surface area contributed by atoms with Crippen molar-refractivity contribution in [3.63, 3.8) is 0 Å². The lowest BCUT2D eigenvalue weighted by atomic mass is 10.2. The molecule has 17 heavy (non-hydrogen) atoms. The molecule has 1 aliphatic heterocycles. The van der Waals surface area contributed by atoms with Crippen molar-refractivity contribution in [1.82, 2.24) is 4.98 Å². The van der Waals surface area contributed by atoms with Gasteiger partial charge in [-0.15, -0.1) is 0 Å². The Morgan fingerprint density at radius 3 is 3.12 bits per heavy atom. The summed E-state index contributed by atoms with van der Waals surface area (Å²) in [6, 6.07) is 1.80. The van der Waals surface area contributed by atoms with E-state index in [-0.39, 0.29) is 16.7 Å². The summed E-state index contributed by atoms with van der Waals surface area (Å²) in [5.41, 5.74) is 6.39. The maximum absolute atomic E-state index is 10.9. The van der Waals surface area contributed by atoms with Gasteiger partial charge in [-0.3, -0.25) is 10.1 Å². The predicted octanol–water partition coefficient (Wildman–Crippen LogP) is 1.23. The Kier molecular flexibility index (Phi) is 3.23. The zero-order valence-electron chi connectivity index (χ0n) is 9.80. The third-order valence-corrected chi connectivity index (χ3v) is 3.20. The van der Waals surface area contributed by atoms with Crippen molar-refractivity contribution in [3.8, 4) is 0 Å². The van der Waals surface area contributed by atoms with E-state index < -0.39 is 0 Å². The zero-order valence-corrected chi connectivity index (χ0v) is 9.80. The Morgan fingerprint density at radius 2 is 2.47 bits per heavy atom. The Bertz CT molecular complexity index is 435. The minimum absolute atomic E-state index is 0.123. The average Bonchev–Trinajstić information content (AvgIpc) is 2.77. The number of aryl methyl sites for hydroxylation is 1. The van der Waals surface area contributed by atoms with Gasteiger partial charge in [0.1, 0.15) is 5.82 Å². The van der Waals surface area contributed by atoms with Gasteiger partial charge in [0.2, 0.25) is 0 Å². The SMILES string of the molecule is Cc1cnc(N2CCCC2CN)cc1[N+](=O)[O-]. The number of rotatable bonds is 3. The molecule has 92 valence electrons. The van der Waals surface area contributed by atoms with Gasteiger partial charge in [-0.2, -0.15) is 0 Å². The van der Waals surface area contributed by atoms with Crippen molar-refractivity contribution in [1.29, 1.82) is 0 Å². The fraction of sp³-hybridized carbons (Fsp3) is 0.545. The van der Waals surface area contributed by atoms with E-state index in [0.29, 0.717) is 17.9 Å². The summed E-state index contributed by atoms with van der Waals surface area (Å²) in [4.78, 5) is 16.8. The molecule has 1 aromatic heterocycles. The van der Waals surface area contributed by atoms with E-state index in [1.807, 2.05) is 0 Å². The molecule has 0 bridgehead atoms. The van der Waals surface area contributed by atoms with E-state index >= 15 is 0 Å². The number of nitrogens with two attached hydrogens (primary N) is 1. The molecule has 0 aromatic carbocycles. The van der Waals surface area contributed by atoms with Crippen LogP contribution in [0.3, 0.4) is 0 Å². The topological polar surface area (TPSA) is 85.3 Å². The van der Waals surface area contributed by atoms with Crippen LogP contribution < -0.4 is 10.6 Å². The van der Waals surface area contributed by atoms with Gasteiger partial charge in [-0.05, 0) is 19.8 Å². The minimum atomic E-state index is -0.367. The Labute approximate surface area is 99.6 Å². The van der Waals surface area contributed by atoms with Crippen molar-refractivity contribution in [2.24, 2.45) is 5.73 Å². The summed E-state index contributed by atoms with van der Waals surface area (Å²) in [6.45, 7) is 3.12. The summed E-state index contributed by atoms with van der Waals surface area (Å²) < 4.78 is 0. The second kappa shape index (κ2) is 4.67. The van der Waals surface area contributed by atoms with Crippen LogP contribution in [0, 0.1) is 17.0 Å². The van der Waals surface area contributed by atoms with E-state index in [9.17, 15) is 10.1 Å². The van der Waals surface area contributed by atoms with Crippen molar-refractivity contribution < 1.29 is 4.92 Å². The van der Waals surface area contributed by atoms with E-state index in [1.165, 1.54) is 0 Å². The van der Waals surface area contributed by atoms with Crippen LogP contribution in [-0.2, 0) is 0 Å². The first-order chi connectivity index (χ1) is 8.13. The third kappa shape index (κ3) is 2.21. The van der Waals surface area contributed by atoms with Gasteiger partial charge < -0.3 is 10.6 Å². The predicted molar refractivity (Wildman–Crippen MR) is 65.1 cm³/mol. The average molecular weight is 236 g/mol. The van der Waals surface area contributed by atoms with Crippen LogP contribution in [0.4, 0.5) is 11.5 Å². The molecule has 1 atom stereocenters. The summed E-state index contributed by atoms with van der Waals surface area (Å²) >= 11 is 0. The molecule has 2 N–H and O–H groups in total. The smallest absolute Gasteiger partial charge is 0.277 e. The molecule has 0 saturated carbocycles. The van der Waals surface area contributed by atoms with Crippen molar-refractivity contribution in [2.75, 3.05) is 18.0 Å². The lowest BCUT2D eigenvalue weighted by Crippen LogP contribution is -2.35. The lowest BCUT2D eigenvalue weighted by molar-refractivity contribution is -0.385. The standard InChI is InChI=1S/C11H16N4O2/c1-8-7-13-11(5-10(8)15(16)17)14-4-2-3-9(14)6-12/h5,7,9H,2-4,6,12H2,1H3. The van der Waals surface area contributed by atoms with Crippen LogP contribution >= 0.6 is 0 Å². The van der Waals surface area contributed by atoms with Crippen molar-refractivity contribution >= 4 is 11.5 Å². The van der Waals surface area contributed by atoms with Crippen LogP contribution in [0.1, 0.15) is 18.4 Å². The molecule has 0 spiro atoms. The van der Waals surface area contributed by atoms with Crippen molar-refractivity contribution in [3.05, 3.63) is 27.9 Å². The Balaban J connectivity index is 2.33. The molecule has 0 aliphatic carbocycles. The van der Waals surface area contributed by atoms with E-state index in [4.69, 9.17) is 5.73 Å². The Morgan fingerprint density at radius 1 is 1.71 bits per heavy atom. The lowest BCUT2D eigenvalue weighted by Gasteiger charge is -2.24. The molecule has 1 unspecified atom stereocenters. The highest BCUT2D eigenvalue weighted by Gasteiger charge is 2.26. The molecule has 2 heterocycles. The number of anilines is 1. The molecule has 1 aromatic rings. The molecule has 0 radical (unpaired) electrons. The molecule has 6 heteroatoms. The van der Waals surface area contributed by atoms with Crippen LogP contribution in [0.5, 0.6) is 0 Å². The van der Waals surface area contributed by atoms with Gasteiger partial charge in [0.15, 0.2) is 0 Å². The number of pyridine rings is 1. The number of nitrogens with zero attached hydrogens (tertiary/aromatic N) is 3. The highest BCUT2D eigenvalue weighted by atomic mass is 16.6. The molecule has 1 fully saturated rings. The molecule has 1 aliphatic rings. The normalized spacial score (nSPS) is 19.6. The number of hydrogen-bond acceptors (Lipinski definition) is 5. The van der Waals surface area contributed by atoms with Gasteiger partial charge in [0.25, 0.3) is 5.69 Å². The van der Waals surface area contributed by atoms with Crippen LogP contribution in [0.25, 0.3) is 0 Å². The van der Waals surface area contributed by atoms with Crippen LogP contribution in [0.15, 0.2) is 12.3 Å². The highest BCUT2D eigenvalue weighted by molar-refractivity contribution is 5.51. The molecular weight excluding hydrogens is 220 g/mol. The monoisotopic (exact) mass is 236 g/mol.